The number of nitrogens with two attached hydrogens (primary N) is 1. The molecule has 0 radical (unpaired) electrons. The standard InChI is InChI=1S/C7H6Cl2F2N2/c8-4-1-5(9)6(13-2-4)7(10,11)3-12/h1-2H,3,12H2. The fourth-order valence-electron chi connectivity index (χ4n) is 0.780. The number of pyridine rings is 1. The van der Waals surface area contributed by atoms with Crippen LogP contribution < -0.4 is 5.73 Å². The highest BCUT2D eigenvalue weighted by Gasteiger charge is 2.33. The first-order valence-corrected chi connectivity index (χ1v) is 4.12. The van der Waals surface area contributed by atoms with E-state index in [-0.39, 0.29) is 10.0 Å². The zero-order chi connectivity index (χ0) is 10.1. The van der Waals surface area contributed by atoms with Crippen molar-refractivity contribution in [1.29, 1.82) is 0 Å². The highest BCUT2D eigenvalue weighted by Crippen LogP contribution is 2.31. The van der Waals surface area contributed by atoms with Crippen molar-refractivity contribution < 1.29 is 8.78 Å². The molecule has 0 spiro atoms. The van der Waals surface area contributed by atoms with Gasteiger partial charge in [0.25, 0.3) is 0 Å². The van der Waals surface area contributed by atoms with Gasteiger partial charge in [0.05, 0.1) is 16.6 Å². The molecule has 6 heteroatoms. The van der Waals surface area contributed by atoms with Crippen molar-refractivity contribution in [3.63, 3.8) is 0 Å². The number of halogens is 4. The topological polar surface area (TPSA) is 38.9 Å². The van der Waals surface area contributed by atoms with Crippen molar-refractivity contribution in [2.24, 2.45) is 5.73 Å². The molecule has 0 aromatic carbocycles. The molecule has 72 valence electrons. The minimum atomic E-state index is -3.21. The Hall–Kier alpha value is -0.450. The second kappa shape index (κ2) is 3.74. The summed E-state index contributed by atoms with van der Waals surface area (Å²) in [6, 6.07) is 1.20. The van der Waals surface area contributed by atoms with E-state index in [1.807, 2.05) is 0 Å². The van der Waals surface area contributed by atoms with E-state index in [0.717, 1.165) is 6.20 Å². The van der Waals surface area contributed by atoms with Crippen molar-refractivity contribution in [3.05, 3.63) is 28.0 Å². The normalized spacial score (nSPS) is 11.8. The maximum Gasteiger partial charge on any atom is 0.303 e. The van der Waals surface area contributed by atoms with Gasteiger partial charge in [0.2, 0.25) is 0 Å². The highest BCUT2D eigenvalue weighted by atomic mass is 35.5. The molecule has 0 aliphatic carbocycles. The van der Waals surface area contributed by atoms with E-state index < -0.39 is 18.2 Å². The van der Waals surface area contributed by atoms with Crippen LogP contribution in [0, 0.1) is 0 Å². The Kier molecular flexibility index (Phi) is 3.05. The molecule has 2 N–H and O–H groups in total. The number of hydrogen-bond donors (Lipinski definition) is 1. The summed E-state index contributed by atoms with van der Waals surface area (Å²) in [6.45, 7) is -0.832. The fourth-order valence-corrected chi connectivity index (χ4v) is 1.30. The zero-order valence-corrected chi connectivity index (χ0v) is 7.91. The van der Waals surface area contributed by atoms with E-state index in [2.05, 4.69) is 4.98 Å². The Labute approximate surface area is 83.7 Å². The van der Waals surface area contributed by atoms with Gasteiger partial charge in [0, 0.05) is 6.20 Å². The van der Waals surface area contributed by atoms with Gasteiger partial charge < -0.3 is 5.73 Å². The fraction of sp³-hybridized carbons (Fsp3) is 0.286. The van der Waals surface area contributed by atoms with Crippen LogP contribution in [0.3, 0.4) is 0 Å². The van der Waals surface area contributed by atoms with Gasteiger partial charge in [0.15, 0.2) is 0 Å². The molecule has 0 amide bonds. The SMILES string of the molecule is NCC(F)(F)c1ncc(Cl)cc1Cl. The minimum absolute atomic E-state index is 0.178. The van der Waals surface area contributed by atoms with E-state index in [4.69, 9.17) is 28.9 Å². The maximum absolute atomic E-state index is 13.0. The minimum Gasteiger partial charge on any atom is -0.325 e. The van der Waals surface area contributed by atoms with Crippen LogP contribution in [0.1, 0.15) is 5.69 Å². The van der Waals surface area contributed by atoms with Gasteiger partial charge in [-0.05, 0) is 6.07 Å². The van der Waals surface area contributed by atoms with Crippen molar-refractivity contribution in [2.45, 2.75) is 5.92 Å². The van der Waals surface area contributed by atoms with Crippen LogP contribution in [0.5, 0.6) is 0 Å². The van der Waals surface area contributed by atoms with Crippen molar-refractivity contribution in [1.82, 2.24) is 4.98 Å². The molecule has 0 unspecified atom stereocenters. The Morgan fingerprint density at radius 1 is 1.46 bits per heavy atom. The van der Waals surface area contributed by atoms with Gasteiger partial charge in [-0.3, -0.25) is 4.98 Å². The zero-order valence-electron chi connectivity index (χ0n) is 6.40. The first-order valence-electron chi connectivity index (χ1n) is 3.37. The first kappa shape index (κ1) is 10.6. The van der Waals surface area contributed by atoms with Crippen LogP contribution in [0.25, 0.3) is 0 Å². The quantitative estimate of drug-likeness (QED) is 0.842. The number of rotatable bonds is 2. The molecule has 1 aromatic heterocycles. The molecule has 0 bridgehead atoms. The molecular formula is C7H6Cl2F2N2. The number of alkyl halides is 2. The Morgan fingerprint density at radius 3 is 2.54 bits per heavy atom. The van der Waals surface area contributed by atoms with Gasteiger partial charge in [-0.2, -0.15) is 8.78 Å². The summed E-state index contributed by atoms with van der Waals surface area (Å²) < 4.78 is 25.9. The van der Waals surface area contributed by atoms with E-state index >= 15 is 0 Å². The van der Waals surface area contributed by atoms with Crippen molar-refractivity contribution in [2.75, 3.05) is 6.54 Å². The second-order valence-corrected chi connectivity index (χ2v) is 3.24. The summed E-state index contributed by atoms with van der Waals surface area (Å²) in [4.78, 5) is 3.43. The monoisotopic (exact) mass is 226 g/mol. The lowest BCUT2D eigenvalue weighted by Crippen LogP contribution is -2.26. The average Bonchev–Trinajstić information content (AvgIpc) is 2.03. The molecule has 13 heavy (non-hydrogen) atoms. The molecule has 0 aliphatic heterocycles. The third-order valence-corrected chi connectivity index (χ3v) is 1.91. The summed E-state index contributed by atoms with van der Waals surface area (Å²) in [5.41, 5.74) is 4.32. The maximum atomic E-state index is 13.0. The lowest BCUT2D eigenvalue weighted by Gasteiger charge is -2.14. The van der Waals surface area contributed by atoms with Gasteiger partial charge in [0.1, 0.15) is 5.69 Å². The Balaban J connectivity index is 3.16. The van der Waals surface area contributed by atoms with Crippen LogP contribution in [0.15, 0.2) is 12.3 Å². The predicted molar refractivity (Wildman–Crippen MR) is 47.2 cm³/mol. The van der Waals surface area contributed by atoms with Gasteiger partial charge >= 0.3 is 5.92 Å². The molecular weight excluding hydrogens is 221 g/mol. The predicted octanol–water partition coefficient (Wildman–Crippen LogP) is 2.44. The number of hydrogen-bond acceptors (Lipinski definition) is 2. The molecule has 0 fully saturated rings. The lowest BCUT2D eigenvalue weighted by molar-refractivity contribution is 0.00152. The smallest absolute Gasteiger partial charge is 0.303 e. The molecule has 0 aliphatic rings. The van der Waals surface area contributed by atoms with Gasteiger partial charge in [-0.1, -0.05) is 23.2 Å². The summed E-state index contributed by atoms with van der Waals surface area (Å²) in [7, 11) is 0. The molecule has 1 heterocycles. The molecule has 1 aromatic rings. The average molecular weight is 227 g/mol. The van der Waals surface area contributed by atoms with Crippen LogP contribution in [-0.2, 0) is 5.92 Å². The summed E-state index contributed by atoms with van der Waals surface area (Å²) in [5, 5.41) is 0.0320. The molecule has 1 rings (SSSR count). The van der Waals surface area contributed by atoms with Crippen LogP contribution in [-0.4, -0.2) is 11.5 Å². The summed E-state index contributed by atoms with van der Waals surface area (Å²) in [5.74, 6) is -3.21. The molecule has 0 atom stereocenters. The summed E-state index contributed by atoms with van der Waals surface area (Å²) >= 11 is 11.0. The number of nitrogens with zero attached hydrogens (tertiary/aromatic N) is 1. The summed E-state index contributed by atoms with van der Waals surface area (Å²) in [6.07, 6.45) is 1.10. The second-order valence-electron chi connectivity index (χ2n) is 2.39. The van der Waals surface area contributed by atoms with Crippen molar-refractivity contribution in [3.8, 4) is 0 Å². The van der Waals surface area contributed by atoms with E-state index in [1.54, 1.807) is 0 Å². The Bertz CT molecular complexity index is 317. The molecule has 0 saturated heterocycles. The van der Waals surface area contributed by atoms with Crippen LogP contribution in [0.2, 0.25) is 10.0 Å². The molecule has 0 saturated carbocycles. The van der Waals surface area contributed by atoms with Crippen LogP contribution >= 0.6 is 23.2 Å². The third-order valence-electron chi connectivity index (χ3n) is 1.41. The van der Waals surface area contributed by atoms with Crippen molar-refractivity contribution >= 4 is 23.2 Å². The lowest BCUT2D eigenvalue weighted by atomic mass is 10.2. The van der Waals surface area contributed by atoms with Gasteiger partial charge in [-0.15, -0.1) is 0 Å². The highest BCUT2D eigenvalue weighted by molar-refractivity contribution is 6.34. The van der Waals surface area contributed by atoms with E-state index in [0.29, 0.717) is 0 Å². The number of aromatic nitrogens is 1. The van der Waals surface area contributed by atoms with Gasteiger partial charge in [-0.25, -0.2) is 0 Å². The van der Waals surface area contributed by atoms with E-state index in [1.165, 1.54) is 6.07 Å². The Morgan fingerprint density at radius 2 is 2.08 bits per heavy atom. The third kappa shape index (κ3) is 2.27. The van der Waals surface area contributed by atoms with Crippen LogP contribution in [0.4, 0.5) is 8.78 Å². The molecule has 2 nitrogen and oxygen atoms in total. The largest absolute Gasteiger partial charge is 0.325 e. The van der Waals surface area contributed by atoms with E-state index in [9.17, 15) is 8.78 Å². The first-order chi connectivity index (χ1) is 5.97.